The van der Waals surface area contributed by atoms with Crippen molar-refractivity contribution in [3.63, 3.8) is 0 Å². The number of nitrogens with two attached hydrogens (primary N) is 1. The van der Waals surface area contributed by atoms with Crippen LogP contribution >= 0.6 is 0 Å². The Kier molecular flexibility index (Phi) is 4.53. The quantitative estimate of drug-likeness (QED) is 0.839. The molecule has 2 rings (SSSR count). The first kappa shape index (κ1) is 14.7. The molecule has 1 aliphatic rings. The molecule has 1 unspecified atom stereocenters. The van der Waals surface area contributed by atoms with E-state index >= 15 is 0 Å². The highest BCUT2D eigenvalue weighted by atomic mass is 16.5. The van der Waals surface area contributed by atoms with E-state index in [-0.39, 0.29) is 12.3 Å². The van der Waals surface area contributed by atoms with E-state index < -0.39 is 0 Å². The van der Waals surface area contributed by atoms with Crippen molar-refractivity contribution < 1.29 is 9.53 Å². The van der Waals surface area contributed by atoms with Crippen LogP contribution < -0.4 is 15.8 Å². The summed E-state index contributed by atoms with van der Waals surface area (Å²) < 4.78 is 5.45. The maximum Gasteiger partial charge on any atom is 0.220 e. The fourth-order valence-electron chi connectivity index (χ4n) is 2.71. The van der Waals surface area contributed by atoms with E-state index in [4.69, 9.17) is 10.5 Å². The molecule has 0 radical (unpaired) electrons. The summed E-state index contributed by atoms with van der Waals surface area (Å²) in [5.74, 6) is 0.427. The van der Waals surface area contributed by atoms with E-state index in [1.54, 1.807) is 0 Å². The van der Waals surface area contributed by atoms with E-state index in [2.05, 4.69) is 19.2 Å². The van der Waals surface area contributed by atoms with Gasteiger partial charge in [0.25, 0.3) is 0 Å². The minimum absolute atomic E-state index is 0.247. The lowest BCUT2D eigenvalue weighted by Crippen LogP contribution is -2.17. The van der Waals surface area contributed by atoms with Gasteiger partial charge in [-0.2, -0.15) is 0 Å². The van der Waals surface area contributed by atoms with Crippen LogP contribution in [0.25, 0.3) is 0 Å². The zero-order valence-electron chi connectivity index (χ0n) is 12.3. The maximum absolute atomic E-state index is 10.6. The van der Waals surface area contributed by atoms with E-state index in [0.717, 1.165) is 11.4 Å². The predicted octanol–water partition coefficient (Wildman–Crippen LogP) is 2.93. The van der Waals surface area contributed by atoms with Crippen LogP contribution in [-0.2, 0) is 4.79 Å². The average molecular weight is 276 g/mol. The van der Waals surface area contributed by atoms with Gasteiger partial charge in [0.1, 0.15) is 5.75 Å². The fraction of sp³-hybridized carbons (Fsp3) is 0.562. The highest BCUT2D eigenvalue weighted by Gasteiger charge is 2.30. The van der Waals surface area contributed by atoms with Crippen molar-refractivity contribution in [1.82, 2.24) is 0 Å². The first-order chi connectivity index (χ1) is 9.44. The zero-order chi connectivity index (χ0) is 14.6. The predicted molar refractivity (Wildman–Crippen MR) is 80.8 cm³/mol. The van der Waals surface area contributed by atoms with Gasteiger partial charge < -0.3 is 15.8 Å². The number of ether oxygens (including phenoxy) is 1. The molecule has 0 spiro atoms. The molecular formula is C16H24N2O2. The molecule has 1 aliphatic carbocycles. The Hall–Kier alpha value is -1.71. The minimum atomic E-state index is -0.341. The smallest absolute Gasteiger partial charge is 0.220 e. The van der Waals surface area contributed by atoms with Crippen LogP contribution in [0.4, 0.5) is 5.69 Å². The molecule has 0 aliphatic heterocycles. The molecule has 20 heavy (non-hydrogen) atoms. The van der Waals surface area contributed by atoms with Crippen LogP contribution in [0, 0.1) is 5.41 Å². The van der Waals surface area contributed by atoms with Gasteiger partial charge in [-0.3, -0.25) is 4.79 Å². The molecule has 0 bridgehead atoms. The lowest BCUT2D eigenvalue weighted by atomic mass is 9.92. The van der Waals surface area contributed by atoms with Crippen molar-refractivity contribution in [2.75, 3.05) is 11.9 Å². The summed E-state index contributed by atoms with van der Waals surface area (Å²) in [4.78, 5) is 10.6. The molecule has 0 heterocycles. The van der Waals surface area contributed by atoms with Gasteiger partial charge in [-0.05, 0) is 48.9 Å². The van der Waals surface area contributed by atoms with Gasteiger partial charge in [0.05, 0.1) is 13.0 Å². The number of nitrogens with one attached hydrogen (secondary N) is 1. The van der Waals surface area contributed by atoms with E-state index in [9.17, 15) is 4.79 Å². The Bertz CT molecular complexity index is 454. The van der Waals surface area contributed by atoms with Crippen molar-refractivity contribution in [2.24, 2.45) is 11.1 Å². The third kappa shape index (κ3) is 4.44. The number of hydrogen-bond acceptors (Lipinski definition) is 3. The highest BCUT2D eigenvalue weighted by molar-refractivity contribution is 5.73. The second kappa shape index (κ2) is 6.16. The van der Waals surface area contributed by atoms with Crippen LogP contribution in [0.5, 0.6) is 5.75 Å². The molecular weight excluding hydrogens is 252 g/mol. The molecule has 110 valence electrons. The monoisotopic (exact) mass is 276 g/mol. The minimum Gasteiger partial charge on any atom is -0.493 e. The summed E-state index contributed by atoms with van der Waals surface area (Å²) in [6, 6.07) is 8.44. The summed E-state index contributed by atoms with van der Waals surface area (Å²) in [6.07, 6.45) is 3.96. The molecule has 1 aromatic carbocycles. The zero-order valence-corrected chi connectivity index (χ0v) is 12.3. The normalized spacial score (nSPS) is 20.6. The van der Waals surface area contributed by atoms with Gasteiger partial charge in [0, 0.05) is 11.7 Å². The van der Waals surface area contributed by atoms with Gasteiger partial charge in [-0.25, -0.2) is 0 Å². The maximum atomic E-state index is 10.6. The number of primary amides is 1. The van der Waals surface area contributed by atoms with Crippen molar-refractivity contribution in [1.29, 1.82) is 0 Å². The molecule has 1 aromatic rings. The first-order valence-corrected chi connectivity index (χ1v) is 7.22. The fourth-order valence-corrected chi connectivity index (χ4v) is 2.71. The molecule has 1 saturated carbocycles. The molecule has 4 nitrogen and oxygen atoms in total. The summed E-state index contributed by atoms with van der Waals surface area (Å²) in [5, 5.41) is 3.57. The number of rotatable bonds is 6. The van der Waals surface area contributed by atoms with E-state index in [0.29, 0.717) is 18.1 Å². The Morgan fingerprint density at radius 2 is 2.10 bits per heavy atom. The number of anilines is 1. The van der Waals surface area contributed by atoms with E-state index in [1.807, 2.05) is 24.3 Å². The second-order valence-electron chi connectivity index (χ2n) is 6.34. The molecule has 1 atom stereocenters. The molecule has 0 saturated heterocycles. The van der Waals surface area contributed by atoms with Gasteiger partial charge in [-0.1, -0.05) is 13.8 Å². The van der Waals surface area contributed by atoms with Crippen molar-refractivity contribution in [3.05, 3.63) is 24.3 Å². The topological polar surface area (TPSA) is 64.3 Å². The average Bonchev–Trinajstić information content (AvgIpc) is 2.70. The first-order valence-electron chi connectivity index (χ1n) is 7.22. The van der Waals surface area contributed by atoms with Gasteiger partial charge in [-0.15, -0.1) is 0 Å². The lowest BCUT2D eigenvalue weighted by molar-refractivity contribution is -0.118. The van der Waals surface area contributed by atoms with Crippen LogP contribution in [0.3, 0.4) is 0 Å². The third-order valence-electron chi connectivity index (χ3n) is 3.81. The Morgan fingerprint density at radius 1 is 1.40 bits per heavy atom. The van der Waals surface area contributed by atoms with Crippen LogP contribution in [-0.4, -0.2) is 18.6 Å². The molecule has 3 N–H and O–H groups in total. The molecule has 1 amide bonds. The Morgan fingerprint density at radius 3 is 2.65 bits per heavy atom. The van der Waals surface area contributed by atoms with Crippen LogP contribution in [0.15, 0.2) is 24.3 Å². The lowest BCUT2D eigenvalue weighted by Gasteiger charge is -2.18. The number of carbonyl (C=O) groups excluding carboxylic acids is 1. The van der Waals surface area contributed by atoms with E-state index in [1.165, 1.54) is 19.3 Å². The van der Waals surface area contributed by atoms with Crippen molar-refractivity contribution in [3.8, 4) is 5.75 Å². The van der Waals surface area contributed by atoms with Gasteiger partial charge in [0.2, 0.25) is 5.91 Å². The second-order valence-corrected chi connectivity index (χ2v) is 6.34. The molecule has 1 fully saturated rings. The standard InChI is InChI=1S/C16H24N2O2/c1-16(2)9-7-13(11-16)18-12-3-5-14(6-4-12)20-10-8-15(17)19/h3-6,13,18H,7-11H2,1-2H3,(H2,17,19). The molecule has 4 heteroatoms. The highest BCUT2D eigenvalue weighted by Crippen LogP contribution is 2.38. The Labute approximate surface area is 120 Å². The van der Waals surface area contributed by atoms with Gasteiger partial charge >= 0.3 is 0 Å². The van der Waals surface area contributed by atoms with Crippen LogP contribution in [0.2, 0.25) is 0 Å². The number of benzene rings is 1. The molecule has 0 aromatic heterocycles. The summed E-state index contributed by atoms with van der Waals surface area (Å²) >= 11 is 0. The SMILES string of the molecule is CC1(C)CCC(Nc2ccc(OCCC(N)=O)cc2)C1. The largest absolute Gasteiger partial charge is 0.493 e. The summed E-state index contributed by atoms with van der Waals surface area (Å²) in [7, 11) is 0. The summed E-state index contributed by atoms with van der Waals surface area (Å²) in [6.45, 7) is 4.98. The number of amides is 1. The third-order valence-corrected chi connectivity index (χ3v) is 3.81. The van der Waals surface area contributed by atoms with Crippen molar-refractivity contribution >= 4 is 11.6 Å². The van der Waals surface area contributed by atoms with Crippen LogP contribution in [0.1, 0.15) is 39.5 Å². The number of carbonyl (C=O) groups is 1. The van der Waals surface area contributed by atoms with Crippen molar-refractivity contribution in [2.45, 2.75) is 45.6 Å². The number of hydrogen-bond donors (Lipinski definition) is 2. The Balaban J connectivity index is 1.81. The van der Waals surface area contributed by atoms with Gasteiger partial charge in [0.15, 0.2) is 0 Å². The summed E-state index contributed by atoms with van der Waals surface area (Å²) in [5.41, 5.74) is 6.64.